The molecule has 0 atom stereocenters. The van der Waals surface area contributed by atoms with Crippen molar-refractivity contribution in [3.63, 3.8) is 0 Å². The number of nitrogen functional groups attached to an aromatic ring is 1. The van der Waals surface area contributed by atoms with Crippen molar-refractivity contribution in [2.24, 2.45) is 0 Å². The molecular weight excluding hydrogens is 245 g/mol. The monoisotopic (exact) mass is 259 g/mol. The highest BCUT2D eigenvalue weighted by molar-refractivity contribution is 5.89. The standard InChI is InChI=1S/C15H14FNO2/c16-13-10-12(6-7-14(13)17)15(18)19-9-8-11-4-2-1-3-5-11/h1-7,10H,8-9,17H2. The summed E-state index contributed by atoms with van der Waals surface area (Å²) >= 11 is 0. The molecule has 4 heteroatoms. The summed E-state index contributed by atoms with van der Waals surface area (Å²) in [6.45, 7) is 0.259. The van der Waals surface area contributed by atoms with Gasteiger partial charge in [0.15, 0.2) is 0 Å². The van der Waals surface area contributed by atoms with E-state index < -0.39 is 11.8 Å². The summed E-state index contributed by atoms with van der Waals surface area (Å²) in [4.78, 5) is 11.7. The average molecular weight is 259 g/mol. The van der Waals surface area contributed by atoms with Gasteiger partial charge in [-0.15, -0.1) is 0 Å². The maximum Gasteiger partial charge on any atom is 0.338 e. The molecule has 0 fully saturated rings. The second-order valence-electron chi connectivity index (χ2n) is 4.11. The van der Waals surface area contributed by atoms with Crippen LogP contribution in [0, 0.1) is 5.82 Å². The normalized spacial score (nSPS) is 10.2. The molecule has 0 heterocycles. The van der Waals surface area contributed by atoms with E-state index in [4.69, 9.17) is 10.5 Å². The van der Waals surface area contributed by atoms with Gasteiger partial charge in [0.05, 0.1) is 17.9 Å². The Morgan fingerprint density at radius 1 is 1.16 bits per heavy atom. The number of carbonyl (C=O) groups is 1. The van der Waals surface area contributed by atoms with Gasteiger partial charge in [-0.25, -0.2) is 9.18 Å². The van der Waals surface area contributed by atoms with Crippen LogP contribution < -0.4 is 5.73 Å². The number of benzene rings is 2. The maximum absolute atomic E-state index is 13.2. The lowest BCUT2D eigenvalue weighted by Crippen LogP contribution is -2.09. The fraction of sp³-hybridized carbons (Fsp3) is 0.133. The molecule has 0 aliphatic rings. The van der Waals surface area contributed by atoms with Gasteiger partial charge in [-0.1, -0.05) is 30.3 Å². The minimum absolute atomic E-state index is 0.0147. The number of carbonyl (C=O) groups excluding carboxylic acids is 1. The SMILES string of the molecule is Nc1ccc(C(=O)OCCc2ccccc2)cc1F. The van der Waals surface area contributed by atoms with E-state index in [0.29, 0.717) is 6.42 Å². The number of anilines is 1. The van der Waals surface area contributed by atoms with Crippen LogP contribution >= 0.6 is 0 Å². The third-order valence-corrected chi connectivity index (χ3v) is 2.70. The van der Waals surface area contributed by atoms with Crippen LogP contribution in [-0.2, 0) is 11.2 Å². The minimum Gasteiger partial charge on any atom is -0.462 e. The largest absolute Gasteiger partial charge is 0.462 e. The first-order valence-corrected chi connectivity index (χ1v) is 5.93. The third-order valence-electron chi connectivity index (χ3n) is 2.70. The lowest BCUT2D eigenvalue weighted by Gasteiger charge is -2.05. The van der Waals surface area contributed by atoms with E-state index in [-0.39, 0.29) is 17.9 Å². The predicted octanol–water partition coefficient (Wildman–Crippen LogP) is 2.81. The molecule has 0 unspecified atom stereocenters. The summed E-state index contributed by atoms with van der Waals surface area (Å²) in [7, 11) is 0. The molecule has 2 aromatic carbocycles. The molecule has 2 aromatic rings. The lowest BCUT2D eigenvalue weighted by atomic mass is 10.2. The van der Waals surface area contributed by atoms with Gasteiger partial charge in [0, 0.05) is 6.42 Å². The van der Waals surface area contributed by atoms with Crippen LogP contribution in [0.4, 0.5) is 10.1 Å². The number of hydrogen-bond acceptors (Lipinski definition) is 3. The van der Waals surface area contributed by atoms with Crippen LogP contribution in [0.3, 0.4) is 0 Å². The van der Waals surface area contributed by atoms with Crippen molar-refractivity contribution < 1.29 is 13.9 Å². The molecule has 0 saturated heterocycles. The molecule has 98 valence electrons. The number of ether oxygens (including phenoxy) is 1. The summed E-state index contributed by atoms with van der Waals surface area (Å²) in [5.41, 5.74) is 6.60. The molecule has 2 N–H and O–H groups in total. The predicted molar refractivity (Wildman–Crippen MR) is 71.2 cm³/mol. The fourth-order valence-corrected chi connectivity index (χ4v) is 1.64. The molecule has 19 heavy (non-hydrogen) atoms. The van der Waals surface area contributed by atoms with Gasteiger partial charge in [0.1, 0.15) is 5.82 Å². The Labute approximate surface area is 110 Å². The molecule has 0 spiro atoms. The van der Waals surface area contributed by atoms with Crippen molar-refractivity contribution in [2.45, 2.75) is 6.42 Å². The van der Waals surface area contributed by atoms with E-state index in [1.807, 2.05) is 30.3 Å². The van der Waals surface area contributed by atoms with E-state index in [1.165, 1.54) is 12.1 Å². The van der Waals surface area contributed by atoms with Crippen LogP contribution in [0.1, 0.15) is 15.9 Å². The topological polar surface area (TPSA) is 52.3 Å². The van der Waals surface area contributed by atoms with Crippen molar-refractivity contribution >= 4 is 11.7 Å². The molecule has 3 nitrogen and oxygen atoms in total. The van der Waals surface area contributed by atoms with E-state index in [9.17, 15) is 9.18 Å². The summed E-state index contributed by atoms with van der Waals surface area (Å²) in [5, 5.41) is 0. The molecule has 0 aliphatic heterocycles. The van der Waals surface area contributed by atoms with E-state index in [0.717, 1.165) is 11.6 Å². The van der Waals surface area contributed by atoms with E-state index in [1.54, 1.807) is 0 Å². The van der Waals surface area contributed by atoms with Gasteiger partial charge in [0.2, 0.25) is 0 Å². The zero-order chi connectivity index (χ0) is 13.7. The van der Waals surface area contributed by atoms with Gasteiger partial charge in [-0.2, -0.15) is 0 Å². The number of halogens is 1. The van der Waals surface area contributed by atoms with Gasteiger partial charge in [-0.05, 0) is 23.8 Å². The molecule has 0 amide bonds. The van der Waals surface area contributed by atoms with Gasteiger partial charge in [0.25, 0.3) is 0 Å². The van der Waals surface area contributed by atoms with Crippen molar-refractivity contribution in [1.29, 1.82) is 0 Å². The van der Waals surface area contributed by atoms with Crippen LogP contribution in [0.25, 0.3) is 0 Å². The van der Waals surface area contributed by atoms with Gasteiger partial charge < -0.3 is 10.5 Å². The van der Waals surface area contributed by atoms with E-state index >= 15 is 0 Å². The second kappa shape index (κ2) is 6.00. The summed E-state index contributed by atoms with van der Waals surface area (Å²) in [6.07, 6.45) is 0.629. The Morgan fingerprint density at radius 3 is 2.58 bits per heavy atom. The maximum atomic E-state index is 13.2. The molecule has 0 saturated carbocycles. The summed E-state index contributed by atoms with van der Waals surface area (Å²) < 4.78 is 18.3. The van der Waals surface area contributed by atoms with Crippen LogP contribution in [0.2, 0.25) is 0 Å². The Kier molecular flexibility index (Phi) is 4.13. The first-order valence-electron chi connectivity index (χ1n) is 5.93. The average Bonchev–Trinajstić information content (AvgIpc) is 2.43. The fourth-order valence-electron chi connectivity index (χ4n) is 1.64. The number of rotatable bonds is 4. The molecule has 0 aromatic heterocycles. The Hall–Kier alpha value is -2.36. The molecular formula is C15H14FNO2. The third kappa shape index (κ3) is 3.55. The van der Waals surface area contributed by atoms with Crippen molar-refractivity contribution in [1.82, 2.24) is 0 Å². The molecule has 0 radical (unpaired) electrons. The van der Waals surface area contributed by atoms with Crippen LogP contribution in [0.5, 0.6) is 0 Å². The van der Waals surface area contributed by atoms with Gasteiger partial charge in [-0.3, -0.25) is 0 Å². The quantitative estimate of drug-likeness (QED) is 0.678. The number of hydrogen-bond donors (Lipinski definition) is 1. The summed E-state index contributed by atoms with van der Waals surface area (Å²) in [6, 6.07) is 13.6. The Bertz CT molecular complexity index is 570. The number of esters is 1. The van der Waals surface area contributed by atoms with Crippen molar-refractivity contribution in [3.05, 3.63) is 65.5 Å². The van der Waals surface area contributed by atoms with E-state index in [2.05, 4.69) is 0 Å². The van der Waals surface area contributed by atoms with Crippen LogP contribution in [0.15, 0.2) is 48.5 Å². The highest BCUT2D eigenvalue weighted by atomic mass is 19.1. The lowest BCUT2D eigenvalue weighted by molar-refractivity contribution is 0.0509. The van der Waals surface area contributed by atoms with Gasteiger partial charge >= 0.3 is 5.97 Å². The smallest absolute Gasteiger partial charge is 0.338 e. The minimum atomic E-state index is -0.613. The molecule has 0 aliphatic carbocycles. The highest BCUT2D eigenvalue weighted by Gasteiger charge is 2.09. The zero-order valence-corrected chi connectivity index (χ0v) is 10.3. The Balaban J connectivity index is 1.89. The van der Waals surface area contributed by atoms with Crippen LogP contribution in [-0.4, -0.2) is 12.6 Å². The van der Waals surface area contributed by atoms with Crippen molar-refractivity contribution in [3.8, 4) is 0 Å². The van der Waals surface area contributed by atoms with Crippen molar-refractivity contribution in [2.75, 3.05) is 12.3 Å². The highest BCUT2D eigenvalue weighted by Crippen LogP contribution is 2.13. The molecule has 2 rings (SSSR count). The number of nitrogens with two attached hydrogens (primary N) is 1. The zero-order valence-electron chi connectivity index (χ0n) is 10.3. The first kappa shape index (κ1) is 13.1. The summed E-state index contributed by atoms with van der Waals surface area (Å²) in [5.74, 6) is -1.16. The molecule has 0 bridgehead atoms. The Morgan fingerprint density at radius 2 is 1.89 bits per heavy atom. The first-order chi connectivity index (χ1) is 9.16. The second-order valence-corrected chi connectivity index (χ2v) is 4.11.